The van der Waals surface area contributed by atoms with E-state index in [2.05, 4.69) is 9.71 Å². The lowest BCUT2D eigenvalue weighted by Gasteiger charge is -2.05. The van der Waals surface area contributed by atoms with Gasteiger partial charge < -0.3 is 5.73 Å². The summed E-state index contributed by atoms with van der Waals surface area (Å²) in [6.45, 7) is 0.436. The number of nitrogens with zero attached hydrogens (tertiary/aromatic N) is 1. The fourth-order valence-corrected chi connectivity index (χ4v) is 1.93. The topological polar surface area (TPSA) is 84.5 Å². The van der Waals surface area contributed by atoms with Crippen molar-refractivity contribution in [2.45, 2.75) is 6.54 Å². The molecule has 0 fully saturated rings. The van der Waals surface area contributed by atoms with Crippen LogP contribution in [0.2, 0.25) is 0 Å². The second kappa shape index (κ2) is 5.92. The average molecular weight is 273 g/mol. The van der Waals surface area contributed by atoms with Gasteiger partial charge >= 0.3 is 0 Å². The van der Waals surface area contributed by atoms with Crippen molar-refractivity contribution in [2.24, 2.45) is 10.7 Å². The smallest absolute Gasteiger partial charge is 0.229 e. The minimum Gasteiger partial charge on any atom is -0.379 e. The summed E-state index contributed by atoms with van der Waals surface area (Å²) < 4.78 is 24.5. The van der Waals surface area contributed by atoms with E-state index in [0.29, 0.717) is 17.4 Å². The number of rotatable bonds is 4. The Morgan fingerprint density at radius 3 is 2.82 bits per heavy atom. The van der Waals surface area contributed by atoms with Crippen molar-refractivity contribution in [1.29, 1.82) is 0 Å². The van der Waals surface area contributed by atoms with Gasteiger partial charge in [0.1, 0.15) is 0 Å². The van der Waals surface area contributed by atoms with Crippen molar-refractivity contribution in [1.82, 2.24) is 0 Å². The second-order valence-corrected chi connectivity index (χ2v) is 6.01. The molecule has 0 saturated heterocycles. The molecule has 1 rings (SSSR count). The third kappa shape index (κ3) is 5.60. The Balaban J connectivity index is 2.80. The molecule has 0 radical (unpaired) electrons. The number of anilines is 1. The molecular formula is C10H15N3O2S2. The fourth-order valence-electron chi connectivity index (χ4n) is 1.18. The lowest BCUT2D eigenvalue weighted by molar-refractivity contribution is 0.607. The van der Waals surface area contributed by atoms with Crippen LogP contribution in [0.3, 0.4) is 0 Å². The zero-order chi connectivity index (χ0) is 12.9. The fraction of sp³-hybridized carbons (Fsp3) is 0.300. The van der Waals surface area contributed by atoms with Gasteiger partial charge in [0.15, 0.2) is 5.17 Å². The number of amidine groups is 1. The van der Waals surface area contributed by atoms with Gasteiger partial charge in [0, 0.05) is 5.69 Å². The number of benzene rings is 1. The molecule has 94 valence electrons. The molecule has 0 amide bonds. The van der Waals surface area contributed by atoms with E-state index in [1.807, 2.05) is 12.3 Å². The first-order valence-electron chi connectivity index (χ1n) is 4.81. The molecule has 0 heterocycles. The van der Waals surface area contributed by atoms with Crippen molar-refractivity contribution in [3.05, 3.63) is 29.8 Å². The molecule has 1 aromatic rings. The molecule has 0 atom stereocenters. The summed E-state index contributed by atoms with van der Waals surface area (Å²) >= 11 is 1.37. The van der Waals surface area contributed by atoms with Gasteiger partial charge in [-0.2, -0.15) is 0 Å². The number of hydrogen-bond donors (Lipinski definition) is 2. The summed E-state index contributed by atoms with van der Waals surface area (Å²) in [5.41, 5.74) is 6.99. The van der Waals surface area contributed by atoms with Crippen LogP contribution in [0.15, 0.2) is 29.3 Å². The summed E-state index contributed by atoms with van der Waals surface area (Å²) in [7, 11) is -3.24. The standard InChI is InChI=1S/C10H15N3O2S2/c1-16-10(11)12-7-8-4-3-5-9(6-8)13-17(2,14)15/h3-6,13H,7H2,1-2H3,(H2,11,12). The van der Waals surface area contributed by atoms with Crippen LogP contribution < -0.4 is 10.5 Å². The number of nitrogens with one attached hydrogen (secondary N) is 1. The van der Waals surface area contributed by atoms with Crippen LogP contribution in [-0.4, -0.2) is 26.1 Å². The van der Waals surface area contributed by atoms with Crippen molar-refractivity contribution >= 4 is 32.6 Å². The first kappa shape index (κ1) is 13.9. The molecule has 1 aromatic carbocycles. The third-order valence-electron chi connectivity index (χ3n) is 1.86. The summed E-state index contributed by atoms with van der Waals surface area (Å²) in [5, 5.41) is 0.506. The highest BCUT2D eigenvalue weighted by atomic mass is 32.2. The largest absolute Gasteiger partial charge is 0.379 e. The normalized spacial score (nSPS) is 12.5. The van der Waals surface area contributed by atoms with Crippen LogP contribution in [0.25, 0.3) is 0 Å². The van der Waals surface area contributed by atoms with Crippen LogP contribution >= 0.6 is 11.8 Å². The lowest BCUT2D eigenvalue weighted by atomic mass is 10.2. The number of nitrogens with two attached hydrogens (primary N) is 1. The van der Waals surface area contributed by atoms with Gasteiger partial charge in [-0.3, -0.25) is 9.71 Å². The second-order valence-electron chi connectivity index (χ2n) is 3.43. The SMILES string of the molecule is CSC(N)=NCc1cccc(NS(C)(=O)=O)c1. The highest BCUT2D eigenvalue weighted by Crippen LogP contribution is 2.13. The zero-order valence-corrected chi connectivity index (χ0v) is 11.3. The maximum atomic E-state index is 11.1. The molecule has 5 nitrogen and oxygen atoms in total. The molecule has 17 heavy (non-hydrogen) atoms. The maximum Gasteiger partial charge on any atom is 0.229 e. The van der Waals surface area contributed by atoms with E-state index in [9.17, 15) is 8.42 Å². The first-order valence-corrected chi connectivity index (χ1v) is 7.93. The highest BCUT2D eigenvalue weighted by molar-refractivity contribution is 8.13. The van der Waals surface area contributed by atoms with Gasteiger partial charge in [-0.05, 0) is 24.0 Å². The predicted octanol–water partition coefficient (Wildman–Crippen LogP) is 1.24. The Hall–Kier alpha value is -1.21. The Morgan fingerprint density at radius 2 is 2.24 bits per heavy atom. The van der Waals surface area contributed by atoms with E-state index in [1.165, 1.54) is 11.8 Å². The van der Waals surface area contributed by atoms with Gasteiger partial charge in [-0.15, -0.1) is 0 Å². The van der Waals surface area contributed by atoms with Gasteiger partial charge in [0.2, 0.25) is 10.0 Å². The van der Waals surface area contributed by atoms with Crippen molar-refractivity contribution < 1.29 is 8.42 Å². The molecule has 0 aromatic heterocycles. The van der Waals surface area contributed by atoms with Crippen molar-refractivity contribution in [3.63, 3.8) is 0 Å². The Bertz CT molecular complexity index is 512. The van der Waals surface area contributed by atoms with E-state index in [0.717, 1.165) is 11.8 Å². The van der Waals surface area contributed by atoms with E-state index < -0.39 is 10.0 Å². The summed E-state index contributed by atoms with van der Waals surface area (Å²) in [6.07, 6.45) is 2.96. The third-order valence-corrected chi connectivity index (χ3v) is 3.01. The predicted molar refractivity (Wildman–Crippen MR) is 73.7 cm³/mol. The van der Waals surface area contributed by atoms with Crippen molar-refractivity contribution in [3.8, 4) is 0 Å². The molecule has 7 heteroatoms. The van der Waals surface area contributed by atoms with Gasteiger partial charge in [0.25, 0.3) is 0 Å². The van der Waals surface area contributed by atoms with Crippen LogP contribution in [0.1, 0.15) is 5.56 Å². The maximum absolute atomic E-state index is 11.1. The van der Waals surface area contributed by atoms with Crippen LogP contribution in [0.5, 0.6) is 0 Å². The lowest BCUT2D eigenvalue weighted by Crippen LogP contribution is -2.09. The summed E-state index contributed by atoms with van der Waals surface area (Å²) in [6, 6.07) is 7.06. The Labute approximate surface area is 106 Å². The monoisotopic (exact) mass is 273 g/mol. The summed E-state index contributed by atoms with van der Waals surface area (Å²) in [4.78, 5) is 4.13. The summed E-state index contributed by atoms with van der Waals surface area (Å²) in [5.74, 6) is 0. The van der Waals surface area contributed by atoms with Gasteiger partial charge in [0.05, 0.1) is 12.8 Å². The number of sulfonamides is 1. The number of thioether (sulfide) groups is 1. The first-order chi connectivity index (χ1) is 7.90. The average Bonchev–Trinajstić information content (AvgIpc) is 2.24. The molecule has 0 saturated carbocycles. The van der Waals surface area contributed by atoms with Crippen molar-refractivity contribution in [2.75, 3.05) is 17.2 Å². The molecule has 0 bridgehead atoms. The van der Waals surface area contributed by atoms with Crippen LogP contribution in [-0.2, 0) is 16.6 Å². The van der Waals surface area contributed by atoms with Gasteiger partial charge in [-0.1, -0.05) is 23.9 Å². The van der Waals surface area contributed by atoms with E-state index in [1.54, 1.807) is 18.2 Å². The molecule has 0 aliphatic rings. The zero-order valence-electron chi connectivity index (χ0n) is 9.67. The molecule has 0 unspecified atom stereocenters. The molecule has 0 spiro atoms. The van der Waals surface area contributed by atoms with Crippen LogP contribution in [0.4, 0.5) is 5.69 Å². The molecule has 0 aliphatic heterocycles. The molecule has 0 aliphatic carbocycles. The number of aliphatic imine (C=N–C) groups is 1. The van der Waals surface area contributed by atoms with E-state index in [-0.39, 0.29) is 0 Å². The minimum atomic E-state index is -3.24. The number of hydrogen-bond acceptors (Lipinski definition) is 4. The molecular weight excluding hydrogens is 258 g/mol. The minimum absolute atomic E-state index is 0.436. The van der Waals surface area contributed by atoms with E-state index >= 15 is 0 Å². The van der Waals surface area contributed by atoms with Gasteiger partial charge in [-0.25, -0.2) is 8.42 Å². The highest BCUT2D eigenvalue weighted by Gasteiger charge is 2.02. The van der Waals surface area contributed by atoms with E-state index in [4.69, 9.17) is 5.73 Å². The Morgan fingerprint density at radius 1 is 1.53 bits per heavy atom. The Kier molecular flexibility index (Phi) is 4.83. The van der Waals surface area contributed by atoms with Crippen LogP contribution in [0, 0.1) is 0 Å². The molecule has 3 N–H and O–H groups in total. The quantitative estimate of drug-likeness (QED) is 0.638.